The number of aromatic nitrogens is 3. The Balaban J connectivity index is 1.61. The van der Waals surface area contributed by atoms with Crippen molar-refractivity contribution < 1.29 is 5.11 Å². The van der Waals surface area contributed by atoms with E-state index in [0.29, 0.717) is 27.7 Å². The molecule has 0 spiro atoms. The second-order valence-electron chi connectivity index (χ2n) is 7.36. The number of hydrogen-bond donors (Lipinski definition) is 2. The highest BCUT2D eigenvalue weighted by Crippen LogP contribution is 2.27. The summed E-state index contributed by atoms with van der Waals surface area (Å²) >= 11 is 6.29. The lowest BCUT2D eigenvalue weighted by Crippen LogP contribution is -2.40. The third-order valence-electron chi connectivity index (χ3n) is 5.45. The number of halogens is 1. The smallest absolute Gasteiger partial charge is 0.259 e. The molecule has 1 aliphatic heterocycles. The number of fused-ring (bicyclic) bond motifs is 1. The van der Waals surface area contributed by atoms with Gasteiger partial charge in [-0.1, -0.05) is 29.8 Å². The molecule has 2 aromatic heterocycles. The number of nitrogens with one attached hydrogen (secondary N) is 1. The first-order valence-corrected chi connectivity index (χ1v) is 10.2. The molecule has 0 aliphatic carbocycles. The maximum Gasteiger partial charge on any atom is 0.259 e. The fourth-order valence-electron chi connectivity index (χ4n) is 3.81. The Kier molecular flexibility index (Phi) is 5.80. The predicted octanol–water partition coefficient (Wildman–Crippen LogP) is 2.52. The minimum atomic E-state index is -0.146. The number of likely N-dealkylation sites (tertiary alicyclic amines) is 1. The molecule has 1 aliphatic rings. The minimum Gasteiger partial charge on any atom is -0.395 e. The van der Waals surface area contributed by atoms with E-state index in [0.717, 1.165) is 37.9 Å². The third kappa shape index (κ3) is 4.12. The highest BCUT2D eigenvalue weighted by Gasteiger charge is 2.20. The van der Waals surface area contributed by atoms with Gasteiger partial charge in [-0.25, -0.2) is 4.98 Å². The van der Waals surface area contributed by atoms with Crippen LogP contribution in [0.5, 0.6) is 0 Å². The van der Waals surface area contributed by atoms with Crippen LogP contribution in [0.15, 0.2) is 41.3 Å². The zero-order valence-electron chi connectivity index (χ0n) is 16.3. The van der Waals surface area contributed by atoms with Gasteiger partial charge in [0.15, 0.2) is 0 Å². The molecular weight excluding hydrogens is 390 g/mol. The standard InChI is InChI=1S/C21H24ClN5O2/c1-26-19-14(12-17(20(26)29)16-4-2-3-5-18(16)22)13-23-21(25-19)24-15-6-8-27(9-7-15)10-11-28/h2-5,12-13,15,28H,6-11H2,1H3,(H,23,24,25). The van der Waals surface area contributed by atoms with Gasteiger partial charge in [0.1, 0.15) is 5.65 Å². The molecule has 1 aromatic carbocycles. The van der Waals surface area contributed by atoms with Crippen LogP contribution in [0.1, 0.15) is 12.8 Å². The quantitative estimate of drug-likeness (QED) is 0.668. The average molecular weight is 414 g/mol. The monoisotopic (exact) mass is 413 g/mol. The van der Waals surface area contributed by atoms with Gasteiger partial charge in [0.05, 0.1) is 6.61 Å². The van der Waals surface area contributed by atoms with E-state index < -0.39 is 0 Å². The van der Waals surface area contributed by atoms with Gasteiger partial charge in [-0.05, 0) is 25.0 Å². The first-order valence-electron chi connectivity index (χ1n) is 9.78. The van der Waals surface area contributed by atoms with Crippen LogP contribution in [0.25, 0.3) is 22.2 Å². The van der Waals surface area contributed by atoms with E-state index in [1.807, 2.05) is 18.2 Å². The Morgan fingerprint density at radius 3 is 2.72 bits per heavy atom. The van der Waals surface area contributed by atoms with Crippen molar-refractivity contribution in [1.29, 1.82) is 0 Å². The Labute approximate surface area is 174 Å². The summed E-state index contributed by atoms with van der Waals surface area (Å²) in [6, 6.07) is 9.39. The second-order valence-corrected chi connectivity index (χ2v) is 7.77. The van der Waals surface area contributed by atoms with E-state index in [4.69, 9.17) is 16.7 Å². The first-order chi connectivity index (χ1) is 14.1. The topological polar surface area (TPSA) is 83.3 Å². The fourth-order valence-corrected chi connectivity index (χ4v) is 4.05. The van der Waals surface area contributed by atoms with E-state index in [-0.39, 0.29) is 18.2 Å². The number of β-amino-alcohol motifs (C(OH)–C–C–N with tert-alkyl or cyclic N) is 1. The highest BCUT2D eigenvalue weighted by atomic mass is 35.5. The van der Waals surface area contributed by atoms with Gasteiger partial charge in [0.2, 0.25) is 5.95 Å². The number of benzene rings is 1. The maximum atomic E-state index is 12.9. The Bertz CT molecular complexity index is 1080. The molecule has 3 heterocycles. The van der Waals surface area contributed by atoms with Gasteiger partial charge in [-0.15, -0.1) is 0 Å². The Morgan fingerprint density at radius 2 is 2.00 bits per heavy atom. The SMILES string of the molecule is Cn1c(=O)c(-c2ccccc2Cl)cc2cnc(NC3CCN(CCO)CC3)nc21. The molecule has 0 amide bonds. The molecule has 7 nitrogen and oxygen atoms in total. The van der Waals surface area contributed by atoms with E-state index >= 15 is 0 Å². The summed E-state index contributed by atoms with van der Waals surface area (Å²) in [6.45, 7) is 2.78. The fraction of sp³-hybridized carbons (Fsp3) is 0.381. The number of hydrogen-bond acceptors (Lipinski definition) is 6. The van der Waals surface area contributed by atoms with Crippen molar-refractivity contribution in [2.45, 2.75) is 18.9 Å². The highest BCUT2D eigenvalue weighted by molar-refractivity contribution is 6.33. The molecule has 152 valence electrons. The van der Waals surface area contributed by atoms with Crippen molar-refractivity contribution in [3.63, 3.8) is 0 Å². The van der Waals surface area contributed by atoms with Crippen molar-refractivity contribution in [1.82, 2.24) is 19.4 Å². The maximum absolute atomic E-state index is 12.9. The van der Waals surface area contributed by atoms with Crippen LogP contribution in [-0.4, -0.2) is 56.8 Å². The Hall–Kier alpha value is -2.48. The first kappa shape index (κ1) is 19.8. The van der Waals surface area contributed by atoms with Crippen molar-refractivity contribution >= 4 is 28.6 Å². The number of aliphatic hydroxyl groups excluding tert-OH is 1. The van der Waals surface area contributed by atoms with E-state index in [1.54, 1.807) is 29.9 Å². The number of piperidine rings is 1. The van der Waals surface area contributed by atoms with Crippen LogP contribution in [0, 0.1) is 0 Å². The third-order valence-corrected chi connectivity index (χ3v) is 5.78. The summed E-state index contributed by atoms with van der Waals surface area (Å²) in [6.07, 6.45) is 3.67. The summed E-state index contributed by atoms with van der Waals surface area (Å²) in [5, 5.41) is 13.8. The normalized spacial score (nSPS) is 15.7. The van der Waals surface area contributed by atoms with Crippen LogP contribution in [-0.2, 0) is 7.05 Å². The molecule has 1 fully saturated rings. The van der Waals surface area contributed by atoms with E-state index in [1.165, 1.54) is 0 Å². The summed E-state index contributed by atoms with van der Waals surface area (Å²) in [4.78, 5) is 24.2. The molecule has 4 rings (SSSR count). The molecule has 0 radical (unpaired) electrons. The lowest BCUT2D eigenvalue weighted by molar-refractivity contribution is 0.168. The van der Waals surface area contributed by atoms with Crippen molar-refractivity contribution in [3.05, 3.63) is 51.9 Å². The van der Waals surface area contributed by atoms with Gasteiger partial charge in [-0.3, -0.25) is 9.36 Å². The van der Waals surface area contributed by atoms with Crippen LogP contribution in [0.2, 0.25) is 5.02 Å². The molecular formula is C21H24ClN5O2. The van der Waals surface area contributed by atoms with Crippen LogP contribution >= 0.6 is 11.6 Å². The van der Waals surface area contributed by atoms with Gasteiger partial charge >= 0.3 is 0 Å². The summed E-state index contributed by atoms with van der Waals surface area (Å²) in [7, 11) is 1.72. The Morgan fingerprint density at radius 1 is 1.24 bits per heavy atom. The van der Waals surface area contributed by atoms with E-state index in [2.05, 4.69) is 20.2 Å². The predicted molar refractivity (Wildman–Crippen MR) is 115 cm³/mol. The number of aryl methyl sites for hydroxylation is 1. The molecule has 2 N–H and O–H groups in total. The largest absolute Gasteiger partial charge is 0.395 e. The molecule has 3 aromatic rings. The van der Waals surface area contributed by atoms with Gasteiger partial charge in [0.25, 0.3) is 5.56 Å². The van der Waals surface area contributed by atoms with Crippen LogP contribution in [0.3, 0.4) is 0 Å². The number of pyridine rings is 1. The van der Waals surface area contributed by atoms with E-state index in [9.17, 15) is 4.79 Å². The molecule has 29 heavy (non-hydrogen) atoms. The summed E-state index contributed by atoms with van der Waals surface area (Å²) in [5.41, 5.74) is 1.67. The second kappa shape index (κ2) is 8.49. The molecule has 0 unspecified atom stereocenters. The van der Waals surface area contributed by atoms with Crippen LogP contribution in [0.4, 0.5) is 5.95 Å². The number of anilines is 1. The van der Waals surface area contributed by atoms with Crippen molar-refractivity contribution in [2.75, 3.05) is 31.6 Å². The lowest BCUT2D eigenvalue weighted by Gasteiger charge is -2.31. The molecule has 1 saturated heterocycles. The van der Waals surface area contributed by atoms with Gasteiger partial charge in [-0.2, -0.15) is 4.98 Å². The summed E-state index contributed by atoms with van der Waals surface area (Å²) < 4.78 is 1.55. The molecule has 0 bridgehead atoms. The average Bonchev–Trinajstić information content (AvgIpc) is 2.73. The van der Waals surface area contributed by atoms with Crippen molar-refractivity contribution in [2.24, 2.45) is 7.05 Å². The zero-order valence-corrected chi connectivity index (χ0v) is 17.1. The summed E-state index contributed by atoms with van der Waals surface area (Å²) in [5.74, 6) is 0.526. The number of nitrogens with zero attached hydrogens (tertiary/aromatic N) is 4. The molecule has 0 atom stereocenters. The zero-order chi connectivity index (χ0) is 20.4. The minimum absolute atomic E-state index is 0.146. The molecule has 0 saturated carbocycles. The van der Waals surface area contributed by atoms with Gasteiger partial charge < -0.3 is 15.3 Å². The lowest BCUT2D eigenvalue weighted by atomic mass is 10.1. The van der Waals surface area contributed by atoms with Crippen LogP contribution < -0.4 is 10.9 Å². The number of rotatable bonds is 5. The number of aliphatic hydroxyl groups is 1. The molecule has 8 heteroatoms. The van der Waals surface area contributed by atoms with Crippen molar-refractivity contribution in [3.8, 4) is 11.1 Å². The van der Waals surface area contributed by atoms with Gasteiger partial charge in [0, 0.05) is 60.5 Å².